The molecule has 2 heterocycles. The maximum Gasteiger partial charge on any atom is 0.242 e. The average molecular weight is 240 g/mol. The molecule has 2 atom stereocenters. The van der Waals surface area contributed by atoms with Crippen molar-refractivity contribution in [2.24, 2.45) is 11.8 Å². The molecule has 16 heavy (non-hydrogen) atoms. The lowest BCUT2D eigenvalue weighted by Crippen LogP contribution is -3.12. The van der Waals surface area contributed by atoms with Gasteiger partial charge in [-0.3, -0.25) is 10.2 Å². The van der Waals surface area contributed by atoms with Crippen molar-refractivity contribution in [3.63, 3.8) is 0 Å². The number of hydrogen-bond acceptors (Lipinski definition) is 3. The summed E-state index contributed by atoms with van der Waals surface area (Å²) < 4.78 is 0. The minimum absolute atomic E-state index is 0.0116. The molecule has 4 nitrogen and oxygen atoms in total. The molecule has 1 fully saturated rings. The van der Waals surface area contributed by atoms with Gasteiger partial charge in [0, 0.05) is 5.56 Å². The molecule has 1 amide bonds. The van der Waals surface area contributed by atoms with Gasteiger partial charge in [-0.15, -0.1) is 0 Å². The van der Waals surface area contributed by atoms with Crippen molar-refractivity contribution in [1.29, 1.82) is 0 Å². The van der Waals surface area contributed by atoms with E-state index in [1.165, 1.54) is 10.5 Å². The van der Waals surface area contributed by atoms with Gasteiger partial charge < -0.3 is 4.90 Å². The van der Waals surface area contributed by atoms with E-state index in [1.807, 2.05) is 0 Å². The molecule has 5 heteroatoms. The molecule has 1 aromatic rings. The van der Waals surface area contributed by atoms with Crippen molar-refractivity contribution in [3.05, 3.63) is 22.4 Å². The van der Waals surface area contributed by atoms with Crippen molar-refractivity contribution in [3.8, 4) is 0 Å². The number of likely N-dealkylation sites (tertiary alicyclic amines) is 1. The highest BCUT2D eigenvalue weighted by Gasteiger charge is 2.28. The second kappa shape index (κ2) is 5.43. The van der Waals surface area contributed by atoms with E-state index >= 15 is 0 Å². The van der Waals surface area contributed by atoms with Gasteiger partial charge in [-0.2, -0.15) is 11.3 Å². The molecular formula is C11H18N3OS+. The zero-order chi connectivity index (χ0) is 11.4. The predicted octanol–water partition coefficient (Wildman–Crippen LogP) is -0.467. The van der Waals surface area contributed by atoms with Crippen LogP contribution in [0.2, 0.25) is 0 Å². The van der Waals surface area contributed by atoms with E-state index in [4.69, 9.17) is 5.84 Å². The SMILES string of the molecule is NNC(=O)[C@@H]1CCC[NH+](Cc2ccsc2)C1. The quantitative estimate of drug-likeness (QED) is 0.380. The van der Waals surface area contributed by atoms with Crippen LogP contribution in [0.1, 0.15) is 18.4 Å². The van der Waals surface area contributed by atoms with Gasteiger partial charge in [0.05, 0.1) is 19.0 Å². The number of thiophene rings is 1. The Balaban J connectivity index is 1.89. The fourth-order valence-corrected chi connectivity index (χ4v) is 3.00. The number of amides is 1. The molecule has 0 saturated carbocycles. The van der Waals surface area contributed by atoms with Crippen molar-refractivity contribution < 1.29 is 9.69 Å². The minimum Gasteiger partial charge on any atom is -0.330 e. The zero-order valence-corrected chi connectivity index (χ0v) is 10.1. The van der Waals surface area contributed by atoms with Crippen LogP contribution in [0.3, 0.4) is 0 Å². The van der Waals surface area contributed by atoms with Gasteiger partial charge in [-0.25, -0.2) is 5.84 Å². The van der Waals surface area contributed by atoms with E-state index in [-0.39, 0.29) is 11.8 Å². The van der Waals surface area contributed by atoms with Crippen molar-refractivity contribution >= 4 is 17.2 Å². The van der Waals surface area contributed by atoms with E-state index in [1.54, 1.807) is 11.3 Å². The van der Waals surface area contributed by atoms with Crippen LogP contribution < -0.4 is 16.2 Å². The number of rotatable bonds is 3. The number of carbonyl (C=O) groups excluding carboxylic acids is 1. The first-order valence-electron chi connectivity index (χ1n) is 5.64. The first-order valence-corrected chi connectivity index (χ1v) is 6.59. The summed E-state index contributed by atoms with van der Waals surface area (Å²) in [7, 11) is 0. The highest BCUT2D eigenvalue weighted by Crippen LogP contribution is 2.09. The molecule has 4 N–H and O–H groups in total. The molecule has 2 rings (SSSR count). The molecule has 1 saturated heterocycles. The van der Waals surface area contributed by atoms with Crippen LogP contribution >= 0.6 is 11.3 Å². The third-order valence-corrected chi connectivity index (χ3v) is 3.90. The lowest BCUT2D eigenvalue weighted by Gasteiger charge is -2.28. The summed E-state index contributed by atoms with van der Waals surface area (Å²) in [4.78, 5) is 13.0. The van der Waals surface area contributed by atoms with Crippen LogP contribution in [0, 0.1) is 5.92 Å². The van der Waals surface area contributed by atoms with Crippen LogP contribution in [0.15, 0.2) is 16.8 Å². The molecule has 1 aromatic heterocycles. The monoisotopic (exact) mass is 240 g/mol. The minimum atomic E-state index is -0.0116. The molecule has 0 radical (unpaired) electrons. The maximum absolute atomic E-state index is 11.5. The fraction of sp³-hybridized carbons (Fsp3) is 0.545. The van der Waals surface area contributed by atoms with E-state index in [9.17, 15) is 4.79 Å². The molecule has 0 spiro atoms. The Labute approximate surface area is 99.4 Å². The lowest BCUT2D eigenvalue weighted by molar-refractivity contribution is -0.921. The molecule has 0 bridgehead atoms. The summed E-state index contributed by atoms with van der Waals surface area (Å²) in [6.45, 7) is 3.08. The summed E-state index contributed by atoms with van der Waals surface area (Å²) in [6, 6.07) is 2.16. The number of nitrogens with two attached hydrogens (primary N) is 1. The highest BCUT2D eigenvalue weighted by molar-refractivity contribution is 7.07. The number of piperidine rings is 1. The smallest absolute Gasteiger partial charge is 0.242 e. The Kier molecular flexibility index (Phi) is 3.93. The first kappa shape index (κ1) is 11.6. The highest BCUT2D eigenvalue weighted by atomic mass is 32.1. The van der Waals surface area contributed by atoms with Crippen LogP contribution in [0.25, 0.3) is 0 Å². The topological polar surface area (TPSA) is 59.6 Å². The number of hydrazine groups is 1. The molecule has 1 unspecified atom stereocenters. The Morgan fingerprint density at radius 3 is 3.25 bits per heavy atom. The Morgan fingerprint density at radius 1 is 1.69 bits per heavy atom. The summed E-state index contributed by atoms with van der Waals surface area (Å²) >= 11 is 1.73. The van der Waals surface area contributed by atoms with Gasteiger partial charge in [-0.1, -0.05) is 0 Å². The second-order valence-corrected chi connectivity index (χ2v) is 5.14. The Bertz CT molecular complexity index is 339. The van der Waals surface area contributed by atoms with Gasteiger partial charge >= 0.3 is 0 Å². The number of quaternary nitrogens is 1. The van der Waals surface area contributed by atoms with E-state index in [2.05, 4.69) is 22.3 Å². The number of hydrogen-bond donors (Lipinski definition) is 3. The zero-order valence-electron chi connectivity index (χ0n) is 9.24. The molecule has 0 aromatic carbocycles. The normalized spacial score (nSPS) is 25.3. The molecule has 1 aliphatic heterocycles. The number of nitrogens with one attached hydrogen (secondary N) is 2. The average Bonchev–Trinajstić information content (AvgIpc) is 2.81. The standard InChI is InChI=1S/C11H17N3OS/c12-13-11(15)10-2-1-4-14(7-10)6-9-3-5-16-8-9/h3,5,8,10H,1-2,4,6-7,12H2,(H,13,15)/p+1/t10-/m1/s1. The largest absolute Gasteiger partial charge is 0.330 e. The maximum atomic E-state index is 11.5. The van der Waals surface area contributed by atoms with Gasteiger partial charge in [-0.05, 0) is 29.7 Å². The van der Waals surface area contributed by atoms with E-state index < -0.39 is 0 Å². The third-order valence-electron chi connectivity index (χ3n) is 3.17. The lowest BCUT2D eigenvalue weighted by atomic mass is 9.97. The third kappa shape index (κ3) is 2.81. The van der Waals surface area contributed by atoms with Crippen molar-refractivity contribution in [1.82, 2.24) is 5.43 Å². The van der Waals surface area contributed by atoms with Gasteiger partial charge in [0.2, 0.25) is 5.91 Å². The summed E-state index contributed by atoms with van der Waals surface area (Å²) in [6.07, 6.45) is 2.08. The Hall–Kier alpha value is -0.910. The summed E-state index contributed by atoms with van der Waals surface area (Å²) in [5.74, 6) is 5.26. The Morgan fingerprint density at radius 2 is 2.56 bits per heavy atom. The fourth-order valence-electron chi connectivity index (χ4n) is 2.34. The van der Waals surface area contributed by atoms with Crippen LogP contribution in [0.4, 0.5) is 0 Å². The van der Waals surface area contributed by atoms with Crippen molar-refractivity contribution in [2.75, 3.05) is 13.1 Å². The van der Waals surface area contributed by atoms with Crippen LogP contribution in [-0.4, -0.2) is 19.0 Å². The molecule has 0 aliphatic carbocycles. The molecule has 88 valence electrons. The van der Waals surface area contributed by atoms with E-state index in [0.29, 0.717) is 0 Å². The van der Waals surface area contributed by atoms with Crippen molar-refractivity contribution in [2.45, 2.75) is 19.4 Å². The van der Waals surface area contributed by atoms with Gasteiger partial charge in [0.1, 0.15) is 6.54 Å². The van der Waals surface area contributed by atoms with Crippen LogP contribution in [0.5, 0.6) is 0 Å². The van der Waals surface area contributed by atoms with Gasteiger partial charge in [0.15, 0.2) is 0 Å². The number of carbonyl (C=O) groups is 1. The van der Waals surface area contributed by atoms with E-state index in [0.717, 1.165) is 32.5 Å². The summed E-state index contributed by atoms with van der Waals surface area (Å²) in [5, 5.41) is 4.28. The van der Waals surface area contributed by atoms with Gasteiger partial charge in [0.25, 0.3) is 0 Å². The summed E-state index contributed by atoms with van der Waals surface area (Å²) in [5.41, 5.74) is 3.63. The first-order chi connectivity index (χ1) is 7.79. The second-order valence-electron chi connectivity index (χ2n) is 4.36. The predicted molar refractivity (Wildman–Crippen MR) is 63.8 cm³/mol. The molecule has 1 aliphatic rings. The van der Waals surface area contributed by atoms with Crippen LogP contribution in [-0.2, 0) is 11.3 Å². The molecular weight excluding hydrogens is 222 g/mol.